The highest BCUT2D eigenvalue weighted by Gasteiger charge is 2.17. The van der Waals surface area contributed by atoms with Crippen molar-refractivity contribution in [1.82, 2.24) is 4.57 Å². The molecule has 1 aromatic heterocycles. The number of hydrogen-bond acceptors (Lipinski definition) is 1. The Morgan fingerprint density at radius 3 is 2.67 bits per heavy atom. The first-order valence-corrected chi connectivity index (χ1v) is 6.64. The van der Waals surface area contributed by atoms with Crippen molar-refractivity contribution in [2.75, 3.05) is 0 Å². The minimum Gasteiger partial charge on any atom is -0.477 e. The molecule has 3 nitrogen and oxygen atoms in total. The number of fused-ring (bicyclic) bond motifs is 1. The zero-order chi connectivity index (χ0) is 15.1. The van der Waals surface area contributed by atoms with E-state index in [9.17, 15) is 14.3 Å². The van der Waals surface area contributed by atoms with Crippen LogP contribution in [0.5, 0.6) is 0 Å². The number of carboxylic acid groups (broad SMARTS) is 1. The third-order valence-electron chi connectivity index (χ3n) is 3.49. The summed E-state index contributed by atoms with van der Waals surface area (Å²) < 4.78 is 15.6. The first kappa shape index (κ1) is 13.6. The van der Waals surface area contributed by atoms with Gasteiger partial charge in [-0.15, -0.1) is 0 Å². The fourth-order valence-corrected chi connectivity index (χ4v) is 2.72. The van der Waals surface area contributed by atoms with Crippen molar-refractivity contribution in [3.8, 4) is 11.1 Å². The van der Waals surface area contributed by atoms with E-state index in [1.54, 1.807) is 41.9 Å². The molecule has 5 heteroatoms. The van der Waals surface area contributed by atoms with E-state index in [4.69, 9.17) is 11.6 Å². The Kier molecular flexibility index (Phi) is 3.18. The van der Waals surface area contributed by atoms with Crippen molar-refractivity contribution in [3.05, 3.63) is 59.0 Å². The molecule has 0 radical (unpaired) electrons. The van der Waals surface area contributed by atoms with Crippen LogP contribution in [-0.2, 0) is 7.05 Å². The summed E-state index contributed by atoms with van der Waals surface area (Å²) in [6.45, 7) is 0. The molecule has 2 aromatic carbocycles. The molecular formula is C16H11ClFNO2. The lowest BCUT2D eigenvalue weighted by atomic mass is 10.0. The number of carbonyl (C=O) groups is 1. The molecule has 1 N–H and O–H groups in total. The number of rotatable bonds is 2. The summed E-state index contributed by atoms with van der Waals surface area (Å²) in [5.74, 6) is -1.42. The number of aromatic carboxylic acids is 1. The number of benzene rings is 2. The first-order valence-electron chi connectivity index (χ1n) is 6.26. The molecule has 106 valence electrons. The molecule has 0 fully saturated rings. The Morgan fingerprint density at radius 2 is 1.95 bits per heavy atom. The van der Waals surface area contributed by atoms with Gasteiger partial charge in [-0.1, -0.05) is 29.8 Å². The topological polar surface area (TPSA) is 42.2 Å². The van der Waals surface area contributed by atoms with Gasteiger partial charge in [-0.05, 0) is 24.3 Å². The first-order chi connectivity index (χ1) is 9.99. The van der Waals surface area contributed by atoms with Crippen molar-refractivity contribution in [2.24, 2.45) is 7.05 Å². The average molecular weight is 304 g/mol. The lowest BCUT2D eigenvalue weighted by Gasteiger charge is -2.09. The Hall–Kier alpha value is -2.33. The Labute approximate surface area is 125 Å². The highest BCUT2D eigenvalue weighted by molar-refractivity contribution is 6.30. The van der Waals surface area contributed by atoms with Gasteiger partial charge in [-0.3, -0.25) is 0 Å². The van der Waals surface area contributed by atoms with Gasteiger partial charge in [-0.2, -0.15) is 0 Å². The van der Waals surface area contributed by atoms with Crippen LogP contribution < -0.4 is 0 Å². The molecule has 0 spiro atoms. The molecule has 0 aliphatic carbocycles. The number of hydrogen-bond donors (Lipinski definition) is 1. The highest BCUT2D eigenvalue weighted by atomic mass is 35.5. The molecule has 0 aliphatic heterocycles. The molecule has 1 heterocycles. The van der Waals surface area contributed by atoms with Gasteiger partial charge >= 0.3 is 5.97 Å². The molecule has 3 rings (SSSR count). The normalized spacial score (nSPS) is 11.0. The second kappa shape index (κ2) is 4.90. The quantitative estimate of drug-likeness (QED) is 0.765. The van der Waals surface area contributed by atoms with E-state index in [2.05, 4.69) is 0 Å². The zero-order valence-corrected chi connectivity index (χ0v) is 11.9. The molecular weight excluding hydrogens is 293 g/mol. The minimum absolute atomic E-state index is 0.153. The molecule has 21 heavy (non-hydrogen) atoms. The zero-order valence-electron chi connectivity index (χ0n) is 11.1. The van der Waals surface area contributed by atoms with Crippen molar-refractivity contribution < 1.29 is 14.3 Å². The molecule has 3 aromatic rings. The van der Waals surface area contributed by atoms with Crippen LogP contribution >= 0.6 is 11.6 Å². The van der Waals surface area contributed by atoms with E-state index in [-0.39, 0.29) is 5.69 Å². The Bertz CT molecular complexity index is 870. The maximum atomic E-state index is 14.1. The fourth-order valence-electron chi connectivity index (χ4n) is 2.54. The summed E-state index contributed by atoms with van der Waals surface area (Å²) in [6, 6.07) is 11.2. The summed E-state index contributed by atoms with van der Waals surface area (Å²) in [5.41, 5.74) is 1.78. The van der Waals surface area contributed by atoms with E-state index < -0.39 is 11.8 Å². The van der Waals surface area contributed by atoms with Crippen molar-refractivity contribution in [2.45, 2.75) is 0 Å². The summed E-state index contributed by atoms with van der Waals surface area (Å²) in [5, 5.41) is 10.4. The maximum absolute atomic E-state index is 14.1. The molecule has 0 unspecified atom stereocenters. The Balaban J connectivity index is 2.38. The van der Waals surface area contributed by atoms with Gasteiger partial charge in [0.25, 0.3) is 0 Å². The second-order valence-electron chi connectivity index (χ2n) is 4.76. The smallest absolute Gasteiger partial charge is 0.352 e. The van der Waals surface area contributed by atoms with Crippen LogP contribution in [0.4, 0.5) is 4.39 Å². The number of aromatic nitrogens is 1. The minimum atomic E-state index is -1.02. The lowest BCUT2D eigenvalue weighted by Crippen LogP contribution is -2.04. The van der Waals surface area contributed by atoms with Crippen LogP contribution in [-0.4, -0.2) is 15.6 Å². The van der Waals surface area contributed by atoms with E-state index >= 15 is 0 Å². The predicted octanol–water partition coefficient (Wildman–Crippen LogP) is 4.34. The van der Waals surface area contributed by atoms with Crippen LogP contribution in [0.1, 0.15) is 10.5 Å². The monoisotopic (exact) mass is 303 g/mol. The second-order valence-corrected chi connectivity index (χ2v) is 5.20. The Morgan fingerprint density at radius 1 is 1.19 bits per heavy atom. The fraction of sp³-hybridized carbons (Fsp3) is 0.0625. The third kappa shape index (κ3) is 2.17. The number of carboxylic acids is 1. The number of aryl methyl sites for hydroxylation is 1. The van der Waals surface area contributed by atoms with Crippen LogP contribution in [0, 0.1) is 5.82 Å². The SMILES string of the molecule is Cn1c(C(=O)O)cc2cccc(-c3cc(Cl)ccc3F)c21. The van der Waals surface area contributed by atoms with E-state index in [0.29, 0.717) is 21.7 Å². The highest BCUT2D eigenvalue weighted by Crippen LogP contribution is 2.33. The van der Waals surface area contributed by atoms with Gasteiger partial charge in [0, 0.05) is 28.6 Å². The molecule has 0 bridgehead atoms. The number of nitrogens with zero attached hydrogens (tertiary/aromatic N) is 1. The maximum Gasteiger partial charge on any atom is 0.352 e. The van der Waals surface area contributed by atoms with Gasteiger partial charge in [0.05, 0.1) is 5.52 Å². The van der Waals surface area contributed by atoms with Crippen LogP contribution in [0.2, 0.25) is 5.02 Å². The van der Waals surface area contributed by atoms with Gasteiger partial charge in [0.2, 0.25) is 0 Å². The van der Waals surface area contributed by atoms with E-state index in [1.165, 1.54) is 12.1 Å². The lowest BCUT2D eigenvalue weighted by molar-refractivity contribution is 0.0687. The summed E-state index contributed by atoms with van der Waals surface area (Å²) in [7, 11) is 1.65. The molecule has 0 aliphatic rings. The predicted molar refractivity (Wildman–Crippen MR) is 80.3 cm³/mol. The molecule has 0 saturated heterocycles. The molecule has 0 amide bonds. The van der Waals surface area contributed by atoms with E-state index in [0.717, 1.165) is 5.39 Å². The number of halogens is 2. The van der Waals surface area contributed by atoms with Gasteiger partial charge in [0.15, 0.2) is 0 Å². The van der Waals surface area contributed by atoms with Crippen LogP contribution in [0.15, 0.2) is 42.5 Å². The molecule has 0 atom stereocenters. The average Bonchev–Trinajstić information content (AvgIpc) is 2.79. The summed E-state index contributed by atoms with van der Waals surface area (Å²) in [4.78, 5) is 11.2. The largest absolute Gasteiger partial charge is 0.477 e. The van der Waals surface area contributed by atoms with Gasteiger partial charge in [0.1, 0.15) is 11.5 Å². The molecule has 0 saturated carbocycles. The van der Waals surface area contributed by atoms with Crippen LogP contribution in [0.25, 0.3) is 22.0 Å². The van der Waals surface area contributed by atoms with Crippen molar-refractivity contribution in [1.29, 1.82) is 0 Å². The van der Waals surface area contributed by atoms with Gasteiger partial charge in [-0.25, -0.2) is 9.18 Å². The van der Waals surface area contributed by atoms with Crippen LogP contribution in [0.3, 0.4) is 0 Å². The van der Waals surface area contributed by atoms with Crippen molar-refractivity contribution in [3.63, 3.8) is 0 Å². The number of para-hydroxylation sites is 1. The van der Waals surface area contributed by atoms with Gasteiger partial charge < -0.3 is 9.67 Å². The van der Waals surface area contributed by atoms with E-state index in [1.807, 2.05) is 0 Å². The van der Waals surface area contributed by atoms with Crippen molar-refractivity contribution >= 4 is 28.5 Å². The standard InChI is InChI=1S/C16H11ClFNO2/c1-19-14(16(20)21)7-9-3-2-4-11(15(9)19)12-8-10(17)5-6-13(12)18/h2-8H,1H3,(H,20,21). The summed E-state index contributed by atoms with van der Waals surface area (Å²) in [6.07, 6.45) is 0. The summed E-state index contributed by atoms with van der Waals surface area (Å²) >= 11 is 5.95. The third-order valence-corrected chi connectivity index (χ3v) is 3.73.